The highest BCUT2D eigenvalue weighted by atomic mass is 79.9. The minimum absolute atomic E-state index is 0.202. The zero-order valence-corrected chi connectivity index (χ0v) is 9.93. The fourth-order valence-corrected chi connectivity index (χ4v) is 1.54. The number of benzene rings is 1. The van der Waals surface area contributed by atoms with E-state index in [1.165, 1.54) is 0 Å². The first-order chi connectivity index (χ1) is 6.69. The molecule has 0 fully saturated rings. The normalized spacial score (nSPS) is 12.1. The van der Waals surface area contributed by atoms with E-state index in [4.69, 9.17) is 5.26 Å². The molecular weight excluding hydrogens is 240 g/mol. The van der Waals surface area contributed by atoms with Crippen molar-refractivity contribution in [2.45, 2.75) is 19.9 Å². The van der Waals surface area contributed by atoms with Crippen LogP contribution in [0.4, 0.5) is 0 Å². The predicted molar refractivity (Wildman–Crippen MR) is 60.9 cm³/mol. The molecule has 0 amide bonds. The van der Waals surface area contributed by atoms with Gasteiger partial charge in [0.25, 0.3) is 0 Å². The van der Waals surface area contributed by atoms with Gasteiger partial charge in [0.1, 0.15) is 6.04 Å². The monoisotopic (exact) mass is 252 g/mol. The van der Waals surface area contributed by atoms with E-state index in [0.29, 0.717) is 0 Å². The van der Waals surface area contributed by atoms with Gasteiger partial charge in [-0.2, -0.15) is 5.26 Å². The average Bonchev–Trinajstić information content (AvgIpc) is 2.19. The first-order valence-electron chi connectivity index (χ1n) is 4.58. The fourth-order valence-electron chi connectivity index (χ4n) is 1.29. The van der Waals surface area contributed by atoms with Crippen LogP contribution in [-0.2, 0) is 0 Å². The van der Waals surface area contributed by atoms with Gasteiger partial charge >= 0.3 is 0 Å². The number of nitrogens with one attached hydrogen (secondary N) is 1. The van der Waals surface area contributed by atoms with Crippen LogP contribution in [0.25, 0.3) is 0 Å². The highest BCUT2D eigenvalue weighted by Gasteiger charge is 2.08. The van der Waals surface area contributed by atoms with E-state index in [9.17, 15) is 0 Å². The zero-order valence-electron chi connectivity index (χ0n) is 8.34. The molecule has 1 N–H and O–H groups in total. The minimum atomic E-state index is -0.202. The van der Waals surface area contributed by atoms with E-state index in [2.05, 4.69) is 27.3 Å². The van der Waals surface area contributed by atoms with Crippen molar-refractivity contribution < 1.29 is 0 Å². The Hall–Kier alpha value is -0.850. The Morgan fingerprint density at radius 3 is 2.79 bits per heavy atom. The molecule has 3 heteroatoms. The molecule has 14 heavy (non-hydrogen) atoms. The van der Waals surface area contributed by atoms with Crippen molar-refractivity contribution >= 4 is 15.9 Å². The summed E-state index contributed by atoms with van der Waals surface area (Å²) in [6.07, 6.45) is 0. The summed E-state index contributed by atoms with van der Waals surface area (Å²) in [4.78, 5) is 0. The van der Waals surface area contributed by atoms with E-state index in [-0.39, 0.29) is 6.04 Å². The maximum absolute atomic E-state index is 8.95. The van der Waals surface area contributed by atoms with Gasteiger partial charge in [-0.1, -0.05) is 35.0 Å². The van der Waals surface area contributed by atoms with Crippen LogP contribution in [-0.4, -0.2) is 6.54 Å². The Morgan fingerprint density at radius 2 is 2.29 bits per heavy atom. The SMILES string of the molecule is CCNC(C#N)c1ccc(Br)c(C)c1. The molecule has 1 unspecified atom stereocenters. The maximum atomic E-state index is 8.95. The Bertz CT molecular complexity index is 355. The lowest BCUT2D eigenvalue weighted by atomic mass is 10.1. The van der Waals surface area contributed by atoms with E-state index in [1.807, 2.05) is 32.0 Å². The van der Waals surface area contributed by atoms with Crippen LogP contribution in [0.3, 0.4) is 0 Å². The van der Waals surface area contributed by atoms with Gasteiger partial charge in [0.2, 0.25) is 0 Å². The van der Waals surface area contributed by atoms with Crippen molar-refractivity contribution in [3.05, 3.63) is 33.8 Å². The van der Waals surface area contributed by atoms with Crippen LogP contribution in [0.1, 0.15) is 24.1 Å². The molecule has 0 bridgehead atoms. The molecule has 1 aromatic rings. The molecule has 1 atom stereocenters. The molecule has 0 aliphatic rings. The summed E-state index contributed by atoms with van der Waals surface area (Å²) < 4.78 is 1.08. The molecule has 0 saturated carbocycles. The van der Waals surface area contributed by atoms with Crippen molar-refractivity contribution in [2.75, 3.05) is 6.54 Å². The van der Waals surface area contributed by atoms with Gasteiger partial charge in [0.15, 0.2) is 0 Å². The quantitative estimate of drug-likeness (QED) is 0.898. The summed E-state index contributed by atoms with van der Waals surface area (Å²) in [6, 6.07) is 8.01. The number of nitriles is 1. The van der Waals surface area contributed by atoms with Crippen LogP contribution >= 0.6 is 15.9 Å². The predicted octanol–water partition coefficient (Wildman–Crippen LogP) is 2.93. The van der Waals surface area contributed by atoms with Crippen LogP contribution in [0, 0.1) is 18.3 Å². The Labute approximate surface area is 93.1 Å². The minimum Gasteiger partial charge on any atom is -0.298 e. The second-order valence-corrected chi connectivity index (χ2v) is 3.98. The molecular formula is C11H13BrN2. The number of nitrogens with zero attached hydrogens (tertiary/aromatic N) is 1. The van der Waals surface area contributed by atoms with Gasteiger partial charge in [0.05, 0.1) is 6.07 Å². The van der Waals surface area contributed by atoms with E-state index in [1.54, 1.807) is 0 Å². The van der Waals surface area contributed by atoms with E-state index >= 15 is 0 Å². The summed E-state index contributed by atoms with van der Waals surface area (Å²) in [5.41, 5.74) is 2.18. The largest absolute Gasteiger partial charge is 0.298 e. The molecule has 0 saturated heterocycles. The topological polar surface area (TPSA) is 35.8 Å². The smallest absolute Gasteiger partial charge is 0.121 e. The molecule has 0 spiro atoms. The third-order valence-electron chi connectivity index (χ3n) is 2.05. The van der Waals surface area contributed by atoms with Crippen molar-refractivity contribution in [3.8, 4) is 6.07 Å². The zero-order chi connectivity index (χ0) is 10.6. The van der Waals surface area contributed by atoms with Crippen LogP contribution < -0.4 is 5.32 Å². The molecule has 0 radical (unpaired) electrons. The summed E-state index contributed by atoms with van der Waals surface area (Å²) in [6.45, 7) is 4.82. The molecule has 2 nitrogen and oxygen atoms in total. The number of hydrogen-bond acceptors (Lipinski definition) is 2. The van der Waals surface area contributed by atoms with Gasteiger partial charge in [-0.15, -0.1) is 0 Å². The summed E-state index contributed by atoms with van der Waals surface area (Å²) in [7, 11) is 0. The third kappa shape index (κ3) is 2.57. The van der Waals surface area contributed by atoms with Gasteiger partial charge in [-0.25, -0.2) is 0 Å². The van der Waals surface area contributed by atoms with Crippen molar-refractivity contribution in [3.63, 3.8) is 0 Å². The molecule has 74 valence electrons. The van der Waals surface area contributed by atoms with Crippen molar-refractivity contribution in [2.24, 2.45) is 0 Å². The number of rotatable bonds is 3. The van der Waals surface area contributed by atoms with Crippen molar-refractivity contribution in [1.29, 1.82) is 5.26 Å². The Morgan fingerprint density at radius 1 is 1.57 bits per heavy atom. The number of hydrogen-bond donors (Lipinski definition) is 1. The van der Waals surface area contributed by atoms with Crippen molar-refractivity contribution in [1.82, 2.24) is 5.32 Å². The molecule has 1 aromatic carbocycles. The molecule has 1 rings (SSSR count). The second-order valence-electron chi connectivity index (χ2n) is 3.13. The van der Waals surface area contributed by atoms with Gasteiger partial charge in [-0.3, -0.25) is 5.32 Å². The fraction of sp³-hybridized carbons (Fsp3) is 0.364. The molecule has 0 heterocycles. The van der Waals surface area contributed by atoms with Gasteiger partial charge < -0.3 is 0 Å². The lowest BCUT2D eigenvalue weighted by Crippen LogP contribution is -2.19. The molecule has 0 aliphatic heterocycles. The van der Waals surface area contributed by atoms with E-state index in [0.717, 1.165) is 22.1 Å². The summed E-state index contributed by atoms with van der Waals surface area (Å²) in [5.74, 6) is 0. The lowest BCUT2D eigenvalue weighted by molar-refractivity contribution is 0.658. The molecule has 0 aromatic heterocycles. The molecule has 0 aliphatic carbocycles. The number of halogens is 1. The summed E-state index contributed by atoms with van der Waals surface area (Å²) in [5, 5.41) is 12.1. The van der Waals surface area contributed by atoms with Gasteiger partial charge in [-0.05, 0) is 30.7 Å². The average molecular weight is 253 g/mol. The van der Waals surface area contributed by atoms with Crippen LogP contribution in [0.5, 0.6) is 0 Å². The summed E-state index contributed by atoms with van der Waals surface area (Å²) >= 11 is 3.44. The van der Waals surface area contributed by atoms with E-state index < -0.39 is 0 Å². The highest BCUT2D eigenvalue weighted by molar-refractivity contribution is 9.10. The van der Waals surface area contributed by atoms with Gasteiger partial charge in [0, 0.05) is 4.47 Å². The third-order valence-corrected chi connectivity index (χ3v) is 2.94. The van der Waals surface area contributed by atoms with Crippen LogP contribution in [0.2, 0.25) is 0 Å². The Balaban J connectivity index is 2.95. The highest BCUT2D eigenvalue weighted by Crippen LogP contribution is 2.20. The maximum Gasteiger partial charge on any atom is 0.121 e. The van der Waals surface area contributed by atoms with Crippen LogP contribution in [0.15, 0.2) is 22.7 Å². The Kier molecular flexibility index (Phi) is 4.12. The second kappa shape index (κ2) is 5.14. The number of aryl methyl sites for hydroxylation is 1. The standard InChI is InChI=1S/C11H13BrN2/c1-3-14-11(7-13)9-4-5-10(12)8(2)6-9/h4-6,11,14H,3H2,1-2H3. The first kappa shape index (κ1) is 11.2. The first-order valence-corrected chi connectivity index (χ1v) is 5.37. The lowest BCUT2D eigenvalue weighted by Gasteiger charge is -2.11.